The molecule has 0 spiro atoms. The fourth-order valence-electron chi connectivity index (χ4n) is 8.43. The first kappa shape index (κ1) is 25.4. The number of carbonyl (C=O) groups is 2. The van der Waals surface area contributed by atoms with E-state index in [2.05, 4.69) is 5.32 Å². The SMILES string of the molecule is CC(C)(C)OC(=O)N1CCCC1Cn1ccc2c(NC(=O)CC34CC5CC(CC(C5)C3)C4)cccc2c1=O. The third kappa shape index (κ3) is 4.96. The second kappa shape index (κ2) is 9.42. The number of likely N-dealkylation sites (tertiary alicyclic amines) is 1. The van der Waals surface area contributed by atoms with Gasteiger partial charge in [0.15, 0.2) is 0 Å². The average molecular weight is 520 g/mol. The van der Waals surface area contributed by atoms with E-state index in [0.717, 1.165) is 36.0 Å². The van der Waals surface area contributed by atoms with Crippen molar-refractivity contribution in [3.63, 3.8) is 0 Å². The Morgan fingerprint density at radius 2 is 1.71 bits per heavy atom. The van der Waals surface area contributed by atoms with E-state index in [1.807, 2.05) is 45.0 Å². The van der Waals surface area contributed by atoms with Crippen molar-refractivity contribution < 1.29 is 14.3 Å². The Morgan fingerprint density at radius 1 is 1.03 bits per heavy atom. The number of fused-ring (bicyclic) bond motifs is 1. The van der Waals surface area contributed by atoms with Gasteiger partial charge in [-0.15, -0.1) is 0 Å². The molecule has 1 aliphatic heterocycles. The van der Waals surface area contributed by atoms with Crippen molar-refractivity contribution in [3.05, 3.63) is 40.8 Å². The van der Waals surface area contributed by atoms with E-state index in [4.69, 9.17) is 4.74 Å². The van der Waals surface area contributed by atoms with Gasteiger partial charge in [-0.25, -0.2) is 4.79 Å². The summed E-state index contributed by atoms with van der Waals surface area (Å²) in [6.45, 7) is 6.66. The average Bonchev–Trinajstić information content (AvgIpc) is 3.27. The van der Waals surface area contributed by atoms with E-state index in [-0.39, 0.29) is 29.0 Å². The van der Waals surface area contributed by atoms with Gasteiger partial charge in [0, 0.05) is 42.2 Å². The summed E-state index contributed by atoms with van der Waals surface area (Å²) in [7, 11) is 0. The van der Waals surface area contributed by atoms with E-state index >= 15 is 0 Å². The molecule has 1 aromatic heterocycles. The van der Waals surface area contributed by atoms with Gasteiger partial charge in [0.2, 0.25) is 5.91 Å². The Labute approximate surface area is 224 Å². The minimum Gasteiger partial charge on any atom is -0.444 e. The smallest absolute Gasteiger partial charge is 0.410 e. The van der Waals surface area contributed by atoms with Crippen LogP contribution in [0.15, 0.2) is 35.3 Å². The molecule has 38 heavy (non-hydrogen) atoms. The minimum absolute atomic E-state index is 0.0718. The zero-order chi connectivity index (χ0) is 26.7. The number of nitrogens with zero attached hydrogens (tertiary/aromatic N) is 2. The molecule has 7 rings (SSSR count). The number of pyridine rings is 1. The summed E-state index contributed by atoms with van der Waals surface area (Å²) in [6, 6.07) is 7.40. The van der Waals surface area contributed by atoms with Crippen molar-refractivity contribution in [1.29, 1.82) is 0 Å². The molecule has 4 aliphatic carbocycles. The summed E-state index contributed by atoms with van der Waals surface area (Å²) in [5.74, 6) is 2.52. The fraction of sp³-hybridized carbons (Fsp3) is 0.645. The number of amides is 2. The Bertz CT molecular complexity index is 1270. The van der Waals surface area contributed by atoms with Crippen molar-refractivity contribution in [1.82, 2.24) is 9.47 Å². The molecule has 4 bridgehead atoms. The van der Waals surface area contributed by atoms with Crippen LogP contribution in [0.4, 0.5) is 10.5 Å². The van der Waals surface area contributed by atoms with Crippen LogP contribution < -0.4 is 10.9 Å². The minimum atomic E-state index is -0.555. The van der Waals surface area contributed by atoms with Gasteiger partial charge in [0.1, 0.15) is 5.60 Å². The summed E-state index contributed by atoms with van der Waals surface area (Å²) in [5.41, 5.74) is 0.228. The maximum Gasteiger partial charge on any atom is 0.410 e. The lowest BCUT2D eigenvalue weighted by atomic mass is 9.49. The zero-order valence-electron chi connectivity index (χ0n) is 23.0. The monoisotopic (exact) mass is 519 g/mol. The van der Waals surface area contributed by atoms with Crippen LogP contribution >= 0.6 is 0 Å². The number of anilines is 1. The molecule has 4 saturated carbocycles. The van der Waals surface area contributed by atoms with E-state index in [9.17, 15) is 14.4 Å². The summed E-state index contributed by atoms with van der Waals surface area (Å²) in [5, 5.41) is 4.52. The molecule has 2 amide bonds. The summed E-state index contributed by atoms with van der Waals surface area (Å²) < 4.78 is 7.28. The number of ether oxygens (including phenoxy) is 1. The standard InChI is InChI=1S/C31H41N3O4/c1-30(2,3)38-29(37)34-10-5-6-23(34)19-33-11-9-24-25(28(33)36)7-4-8-26(24)32-27(35)18-31-15-20-12-21(16-31)14-22(13-20)17-31/h4,7-9,11,20-23H,5-6,10,12-19H2,1-3H3,(H,32,35). The fourth-order valence-corrected chi connectivity index (χ4v) is 8.43. The van der Waals surface area contributed by atoms with Gasteiger partial charge >= 0.3 is 6.09 Å². The molecule has 7 heteroatoms. The van der Waals surface area contributed by atoms with Crippen LogP contribution in [0.1, 0.15) is 78.6 Å². The van der Waals surface area contributed by atoms with E-state index in [1.54, 1.807) is 15.7 Å². The number of aromatic nitrogens is 1. The highest BCUT2D eigenvalue weighted by molar-refractivity contribution is 6.02. The molecule has 204 valence electrons. The molecule has 1 aromatic carbocycles. The topological polar surface area (TPSA) is 80.6 Å². The molecule has 1 atom stereocenters. The molecule has 1 N–H and O–H groups in total. The van der Waals surface area contributed by atoms with Gasteiger partial charge in [-0.05, 0) is 114 Å². The maximum absolute atomic E-state index is 13.5. The quantitative estimate of drug-likeness (QED) is 0.530. The summed E-state index contributed by atoms with van der Waals surface area (Å²) in [6.07, 6.45) is 11.5. The lowest BCUT2D eigenvalue weighted by Crippen LogP contribution is -2.47. The number of nitrogens with one attached hydrogen (secondary N) is 1. The number of carbonyl (C=O) groups excluding carboxylic acids is 2. The van der Waals surface area contributed by atoms with Gasteiger partial charge < -0.3 is 19.5 Å². The first-order chi connectivity index (χ1) is 18.1. The van der Waals surface area contributed by atoms with Crippen LogP contribution in [0.5, 0.6) is 0 Å². The molecule has 1 saturated heterocycles. The first-order valence-corrected chi connectivity index (χ1v) is 14.5. The number of benzene rings is 1. The molecule has 5 fully saturated rings. The lowest BCUT2D eigenvalue weighted by Gasteiger charge is -2.56. The Hall–Kier alpha value is -2.83. The van der Waals surface area contributed by atoms with Crippen molar-refractivity contribution in [2.24, 2.45) is 23.2 Å². The predicted octanol–water partition coefficient (Wildman–Crippen LogP) is 5.95. The molecular weight excluding hydrogens is 478 g/mol. The Morgan fingerprint density at radius 3 is 2.37 bits per heavy atom. The lowest BCUT2D eigenvalue weighted by molar-refractivity contribution is -0.124. The Kier molecular flexibility index (Phi) is 6.31. The van der Waals surface area contributed by atoms with Crippen LogP contribution in [0, 0.1) is 23.2 Å². The second-order valence-electron chi connectivity index (χ2n) is 13.7. The van der Waals surface area contributed by atoms with Crippen molar-refractivity contribution in [3.8, 4) is 0 Å². The highest BCUT2D eigenvalue weighted by Crippen LogP contribution is 2.61. The van der Waals surface area contributed by atoms with Crippen LogP contribution in [-0.4, -0.2) is 39.7 Å². The van der Waals surface area contributed by atoms with Gasteiger partial charge in [0.05, 0.1) is 6.04 Å². The van der Waals surface area contributed by atoms with E-state index in [0.29, 0.717) is 30.6 Å². The molecule has 5 aliphatic rings. The zero-order valence-corrected chi connectivity index (χ0v) is 23.0. The third-order valence-electron chi connectivity index (χ3n) is 9.41. The van der Waals surface area contributed by atoms with Crippen molar-refractivity contribution in [2.75, 3.05) is 11.9 Å². The molecule has 2 aromatic rings. The maximum atomic E-state index is 13.5. The molecular formula is C31H41N3O4. The molecule has 1 unspecified atom stereocenters. The van der Waals surface area contributed by atoms with Gasteiger partial charge in [0.25, 0.3) is 5.56 Å². The largest absolute Gasteiger partial charge is 0.444 e. The van der Waals surface area contributed by atoms with Crippen molar-refractivity contribution >= 4 is 28.5 Å². The van der Waals surface area contributed by atoms with E-state index < -0.39 is 5.60 Å². The van der Waals surface area contributed by atoms with Gasteiger partial charge in [-0.2, -0.15) is 0 Å². The van der Waals surface area contributed by atoms with Crippen molar-refractivity contribution in [2.45, 2.75) is 96.7 Å². The molecule has 0 radical (unpaired) electrons. The normalized spacial score (nSPS) is 30.1. The predicted molar refractivity (Wildman–Crippen MR) is 148 cm³/mol. The van der Waals surface area contributed by atoms with Crippen LogP contribution in [-0.2, 0) is 16.1 Å². The first-order valence-electron chi connectivity index (χ1n) is 14.5. The Balaban J connectivity index is 1.17. The summed E-state index contributed by atoms with van der Waals surface area (Å²) >= 11 is 0. The van der Waals surface area contributed by atoms with Crippen LogP contribution in [0.25, 0.3) is 10.8 Å². The molecule has 2 heterocycles. The highest BCUT2D eigenvalue weighted by Gasteiger charge is 2.51. The highest BCUT2D eigenvalue weighted by atomic mass is 16.6. The number of hydrogen-bond donors (Lipinski definition) is 1. The third-order valence-corrected chi connectivity index (χ3v) is 9.41. The number of hydrogen-bond acceptors (Lipinski definition) is 4. The molecule has 7 nitrogen and oxygen atoms in total. The van der Waals surface area contributed by atoms with E-state index in [1.165, 1.54) is 38.5 Å². The van der Waals surface area contributed by atoms with Gasteiger partial charge in [-0.3, -0.25) is 9.59 Å². The van der Waals surface area contributed by atoms with Crippen LogP contribution in [0.2, 0.25) is 0 Å². The second-order valence-corrected chi connectivity index (χ2v) is 13.7. The summed E-state index contributed by atoms with van der Waals surface area (Å²) in [4.78, 5) is 41.2. The van der Waals surface area contributed by atoms with Gasteiger partial charge in [-0.1, -0.05) is 6.07 Å². The van der Waals surface area contributed by atoms with Crippen LogP contribution in [0.3, 0.4) is 0 Å². The number of rotatable bonds is 5.